The Hall–Kier alpha value is -1.03. The summed E-state index contributed by atoms with van der Waals surface area (Å²) in [6.07, 6.45) is 3.68. The van der Waals surface area contributed by atoms with Crippen LogP contribution in [0.1, 0.15) is 63.0 Å². The average Bonchev–Trinajstić information content (AvgIpc) is 2.93. The van der Waals surface area contributed by atoms with Crippen LogP contribution in [0.3, 0.4) is 0 Å². The van der Waals surface area contributed by atoms with Crippen molar-refractivity contribution in [3.05, 3.63) is 11.5 Å². The fourth-order valence-electron chi connectivity index (χ4n) is 3.71. The van der Waals surface area contributed by atoms with E-state index in [0.717, 1.165) is 34.5 Å². The zero-order chi connectivity index (χ0) is 15.3. The number of rotatable bonds is 2. The van der Waals surface area contributed by atoms with E-state index in [2.05, 4.69) is 23.5 Å². The molecule has 0 aromatic carbocycles. The molecule has 0 bridgehead atoms. The lowest BCUT2D eigenvalue weighted by Crippen LogP contribution is -2.25. The SMILES string of the molecule is Cc1nn(C)c2c1nc(C(C)Cl)n2C1CCC(C)C(C)C1. The van der Waals surface area contributed by atoms with Crippen LogP contribution in [0.25, 0.3) is 11.2 Å². The molecule has 0 saturated heterocycles. The summed E-state index contributed by atoms with van der Waals surface area (Å²) in [5.41, 5.74) is 3.12. The summed E-state index contributed by atoms with van der Waals surface area (Å²) in [6.45, 7) is 8.76. The minimum atomic E-state index is -0.0774. The molecule has 0 radical (unpaired) electrons. The maximum absolute atomic E-state index is 6.41. The smallest absolute Gasteiger partial charge is 0.158 e. The first-order valence-electron chi connectivity index (χ1n) is 7.95. The molecule has 4 nitrogen and oxygen atoms in total. The van der Waals surface area contributed by atoms with E-state index < -0.39 is 0 Å². The van der Waals surface area contributed by atoms with E-state index in [-0.39, 0.29) is 5.38 Å². The zero-order valence-electron chi connectivity index (χ0n) is 13.6. The van der Waals surface area contributed by atoms with Crippen molar-refractivity contribution in [2.24, 2.45) is 18.9 Å². The highest BCUT2D eigenvalue weighted by Crippen LogP contribution is 2.40. The Morgan fingerprint density at radius 3 is 2.57 bits per heavy atom. The molecule has 2 aromatic heterocycles. The van der Waals surface area contributed by atoms with E-state index in [1.54, 1.807) is 0 Å². The third kappa shape index (κ3) is 2.37. The number of aromatic nitrogens is 4. The second kappa shape index (κ2) is 5.31. The Bertz CT molecular complexity index is 655. The summed E-state index contributed by atoms with van der Waals surface area (Å²) in [5, 5.41) is 4.45. The van der Waals surface area contributed by atoms with E-state index in [9.17, 15) is 0 Å². The largest absolute Gasteiger partial charge is 0.309 e. The van der Waals surface area contributed by atoms with Gasteiger partial charge in [0.25, 0.3) is 0 Å². The van der Waals surface area contributed by atoms with Crippen molar-refractivity contribution in [3.8, 4) is 0 Å². The van der Waals surface area contributed by atoms with Crippen molar-refractivity contribution in [2.45, 2.75) is 58.4 Å². The van der Waals surface area contributed by atoms with Crippen molar-refractivity contribution in [3.63, 3.8) is 0 Å². The van der Waals surface area contributed by atoms with Crippen LogP contribution in [0.15, 0.2) is 0 Å². The molecule has 116 valence electrons. The van der Waals surface area contributed by atoms with Gasteiger partial charge in [0.05, 0.1) is 11.1 Å². The molecule has 0 amide bonds. The molecule has 2 aromatic rings. The molecule has 21 heavy (non-hydrogen) atoms. The molecule has 1 aliphatic rings. The van der Waals surface area contributed by atoms with E-state index in [1.807, 2.05) is 25.6 Å². The van der Waals surface area contributed by atoms with Gasteiger partial charge in [-0.25, -0.2) is 4.98 Å². The van der Waals surface area contributed by atoms with Gasteiger partial charge in [-0.05, 0) is 44.9 Å². The number of aryl methyl sites for hydroxylation is 2. The summed E-state index contributed by atoms with van der Waals surface area (Å²) in [7, 11) is 2.01. The molecule has 1 saturated carbocycles. The number of nitrogens with zero attached hydrogens (tertiary/aromatic N) is 4. The van der Waals surface area contributed by atoms with Crippen LogP contribution in [0.5, 0.6) is 0 Å². The molecule has 2 heterocycles. The molecule has 4 atom stereocenters. The van der Waals surface area contributed by atoms with Gasteiger partial charge in [-0.3, -0.25) is 4.68 Å². The summed E-state index contributed by atoms with van der Waals surface area (Å²) in [6, 6.07) is 0.493. The van der Waals surface area contributed by atoms with Crippen molar-refractivity contribution >= 4 is 22.8 Å². The van der Waals surface area contributed by atoms with E-state index in [0.29, 0.717) is 6.04 Å². The lowest BCUT2D eigenvalue weighted by atomic mass is 9.79. The van der Waals surface area contributed by atoms with Crippen LogP contribution in [-0.2, 0) is 7.05 Å². The highest BCUT2D eigenvalue weighted by Gasteiger charge is 2.30. The van der Waals surface area contributed by atoms with Gasteiger partial charge in [-0.15, -0.1) is 11.6 Å². The summed E-state index contributed by atoms with van der Waals surface area (Å²) in [4.78, 5) is 4.80. The second-order valence-electron chi connectivity index (χ2n) is 6.76. The van der Waals surface area contributed by atoms with Crippen LogP contribution < -0.4 is 0 Å². The standard InChI is InChI=1S/C16H25ClN4/c1-9-6-7-13(8-10(9)2)21-15(11(3)17)18-14-12(4)19-20(5)16(14)21/h9-11,13H,6-8H2,1-5H3. The number of alkyl halides is 1. The summed E-state index contributed by atoms with van der Waals surface area (Å²) < 4.78 is 4.33. The molecule has 4 unspecified atom stereocenters. The van der Waals surface area contributed by atoms with E-state index >= 15 is 0 Å². The van der Waals surface area contributed by atoms with Gasteiger partial charge in [0, 0.05) is 13.1 Å². The number of fused-ring (bicyclic) bond motifs is 1. The fourth-order valence-corrected chi connectivity index (χ4v) is 3.86. The first kappa shape index (κ1) is 14.9. The maximum atomic E-state index is 6.41. The minimum Gasteiger partial charge on any atom is -0.309 e. The highest BCUT2D eigenvalue weighted by molar-refractivity contribution is 6.20. The van der Waals surface area contributed by atoms with Crippen molar-refractivity contribution in [2.75, 3.05) is 0 Å². The highest BCUT2D eigenvalue weighted by atomic mass is 35.5. The summed E-state index contributed by atoms with van der Waals surface area (Å²) in [5.74, 6) is 2.55. The molecular formula is C16H25ClN4. The Kier molecular flexibility index (Phi) is 3.76. The maximum Gasteiger partial charge on any atom is 0.158 e. The number of hydrogen-bond donors (Lipinski definition) is 0. The Morgan fingerprint density at radius 2 is 1.95 bits per heavy atom. The number of hydrogen-bond acceptors (Lipinski definition) is 2. The fraction of sp³-hybridized carbons (Fsp3) is 0.750. The molecular weight excluding hydrogens is 284 g/mol. The van der Waals surface area contributed by atoms with Gasteiger partial charge in [0.1, 0.15) is 11.3 Å². The first-order chi connectivity index (χ1) is 9.90. The Labute approximate surface area is 131 Å². The third-order valence-electron chi connectivity index (χ3n) is 5.15. The van der Waals surface area contributed by atoms with Crippen LogP contribution in [-0.4, -0.2) is 19.3 Å². The van der Waals surface area contributed by atoms with Crippen LogP contribution in [0.2, 0.25) is 0 Å². The quantitative estimate of drug-likeness (QED) is 0.772. The molecule has 0 aliphatic heterocycles. The minimum absolute atomic E-state index is 0.0774. The van der Waals surface area contributed by atoms with E-state index in [4.69, 9.17) is 16.6 Å². The van der Waals surface area contributed by atoms with Crippen LogP contribution >= 0.6 is 11.6 Å². The predicted molar refractivity (Wildman–Crippen MR) is 86.7 cm³/mol. The summed E-state index contributed by atoms with van der Waals surface area (Å²) >= 11 is 6.41. The third-order valence-corrected chi connectivity index (χ3v) is 5.35. The molecule has 1 fully saturated rings. The van der Waals surface area contributed by atoms with Gasteiger partial charge in [0.2, 0.25) is 0 Å². The molecule has 0 N–H and O–H groups in total. The van der Waals surface area contributed by atoms with Gasteiger partial charge < -0.3 is 4.57 Å². The van der Waals surface area contributed by atoms with Crippen molar-refractivity contribution in [1.82, 2.24) is 19.3 Å². The molecule has 1 aliphatic carbocycles. The topological polar surface area (TPSA) is 35.6 Å². The lowest BCUT2D eigenvalue weighted by Gasteiger charge is -2.34. The van der Waals surface area contributed by atoms with Gasteiger partial charge in [-0.1, -0.05) is 13.8 Å². The predicted octanol–water partition coefficient (Wildman–Crippen LogP) is 4.38. The Morgan fingerprint density at radius 1 is 1.24 bits per heavy atom. The zero-order valence-corrected chi connectivity index (χ0v) is 14.4. The average molecular weight is 309 g/mol. The molecule has 5 heteroatoms. The van der Waals surface area contributed by atoms with Crippen LogP contribution in [0.4, 0.5) is 0 Å². The number of halogens is 1. The van der Waals surface area contributed by atoms with Gasteiger partial charge in [0.15, 0.2) is 5.65 Å². The van der Waals surface area contributed by atoms with Crippen molar-refractivity contribution < 1.29 is 0 Å². The van der Waals surface area contributed by atoms with Crippen molar-refractivity contribution in [1.29, 1.82) is 0 Å². The van der Waals surface area contributed by atoms with Gasteiger partial charge >= 0.3 is 0 Å². The monoisotopic (exact) mass is 308 g/mol. The molecule has 0 spiro atoms. The normalized spacial score (nSPS) is 28.2. The molecule has 3 rings (SSSR count). The van der Waals surface area contributed by atoms with Crippen LogP contribution in [0, 0.1) is 18.8 Å². The van der Waals surface area contributed by atoms with E-state index in [1.165, 1.54) is 19.3 Å². The first-order valence-corrected chi connectivity index (χ1v) is 8.39. The Balaban J connectivity index is 2.13. The second-order valence-corrected chi connectivity index (χ2v) is 7.41. The number of imidazole rings is 1. The lowest BCUT2D eigenvalue weighted by molar-refractivity contribution is 0.210. The van der Waals surface area contributed by atoms with Gasteiger partial charge in [-0.2, -0.15) is 5.10 Å².